The highest BCUT2D eigenvalue weighted by atomic mass is 16.2. The molecule has 0 aliphatic carbocycles. The average Bonchev–Trinajstić information content (AvgIpc) is 2.60. The maximum absolute atomic E-state index is 12.7. The Labute approximate surface area is 144 Å². The second kappa shape index (κ2) is 8.68. The van der Waals surface area contributed by atoms with Crippen LogP contribution in [-0.2, 0) is 11.3 Å². The van der Waals surface area contributed by atoms with E-state index in [1.54, 1.807) is 0 Å². The Morgan fingerprint density at radius 2 is 1.79 bits per heavy atom. The van der Waals surface area contributed by atoms with Gasteiger partial charge in [0, 0.05) is 32.7 Å². The molecule has 2 atom stereocenters. The predicted octanol–water partition coefficient (Wildman–Crippen LogP) is 1.41. The molecule has 1 fully saturated rings. The Bertz CT molecular complexity index is 541. The number of primary amides is 1. The molecule has 0 saturated carbocycles. The fourth-order valence-electron chi connectivity index (χ4n) is 3.00. The molecular weight excluding hydrogens is 304 g/mol. The van der Waals surface area contributed by atoms with E-state index < -0.39 is 12.1 Å². The monoisotopic (exact) mass is 332 g/mol. The van der Waals surface area contributed by atoms with E-state index in [2.05, 4.69) is 22.3 Å². The van der Waals surface area contributed by atoms with Gasteiger partial charge in [0.1, 0.15) is 6.04 Å². The Balaban J connectivity index is 1.89. The molecule has 1 aromatic carbocycles. The second-order valence-corrected chi connectivity index (χ2v) is 6.46. The molecule has 132 valence electrons. The van der Waals surface area contributed by atoms with E-state index in [1.807, 2.05) is 36.9 Å². The van der Waals surface area contributed by atoms with Gasteiger partial charge < -0.3 is 16.0 Å². The topological polar surface area (TPSA) is 78.7 Å². The van der Waals surface area contributed by atoms with Gasteiger partial charge in [-0.1, -0.05) is 50.6 Å². The number of carbonyl (C=O) groups excluding carboxylic acids is 2. The van der Waals surface area contributed by atoms with Crippen molar-refractivity contribution in [2.24, 2.45) is 11.7 Å². The van der Waals surface area contributed by atoms with Crippen LogP contribution in [0.1, 0.15) is 25.8 Å². The van der Waals surface area contributed by atoms with Gasteiger partial charge in [-0.3, -0.25) is 9.69 Å². The van der Waals surface area contributed by atoms with Gasteiger partial charge in [-0.05, 0) is 11.5 Å². The third-order valence-corrected chi connectivity index (χ3v) is 4.71. The third kappa shape index (κ3) is 4.96. The van der Waals surface area contributed by atoms with E-state index in [1.165, 1.54) is 5.56 Å². The standard InChI is InChI=1S/C18H28N4O2/c1-3-14(2)16(20-18(19)24)17(23)22-11-9-21(10-12-22)13-15-7-5-4-6-8-15/h4-8,14,16H,3,9-13H2,1-2H3,(H3,19,20,24)/t14-,16-/m0/s1. The van der Waals surface area contributed by atoms with Crippen molar-refractivity contribution in [3.63, 3.8) is 0 Å². The number of piperazine rings is 1. The van der Waals surface area contributed by atoms with E-state index in [0.717, 1.165) is 26.1 Å². The molecule has 6 nitrogen and oxygen atoms in total. The highest BCUT2D eigenvalue weighted by Crippen LogP contribution is 2.14. The third-order valence-electron chi connectivity index (χ3n) is 4.71. The van der Waals surface area contributed by atoms with Crippen LogP contribution < -0.4 is 11.1 Å². The van der Waals surface area contributed by atoms with Crippen LogP contribution in [-0.4, -0.2) is 54.0 Å². The number of benzene rings is 1. The Kier molecular flexibility index (Phi) is 6.61. The van der Waals surface area contributed by atoms with Gasteiger partial charge in [0.2, 0.25) is 5.91 Å². The van der Waals surface area contributed by atoms with Crippen LogP contribution in [0.4, 0.5) is 4.79 Å². The summed E-state index contributed by atoms with van der Waals surface area (Å²) >= 11 is 0. The Hall–Kier alpha value is -2.08. The van der Waals surface area contributed by atoms with Crippen molar-refractivity contribution in [2.45, 2.75) is 32.9 Å². The molecule has 0 spiro atoms. The number of nitrogens with two attached hydrogens (primary N) is 1. The van der Waals surface area contributed by atoms with E-state index in [4.69, 9.17) is 5.73 Å². The summed E-state index contributed by atoms with van der Waals surface area (Å²) in [5.41, 5.74) is 6.51. The lowest BCUT2D eigenvalue weighted by atomic mass is 9.97. The first-order valence-corrected chi connectivity index (χ1v) is 8.62. The average molecular weight is 332 g/mol. The van der Waals surface area contributed by atoms with Crippen molar-refractivity contribution in [1.82, 2.24) is 15.1 Å². The molecule has 3 N–H and O–H groups in total. The van der Waals surface area contributed by atoms with Crippen LogP contribution >= 0.6 is 0 Å². The Morgan fingerprint density at radius 3 is 2.33 bits per heavy atom. The summed E-state index contributed by atoms with van der Waals surface area (Å²) < 4.78 is 0. The molecule has 1 aliphatic heterocycles. The molecule has 0 bridgehead atoms. The van der Waals surface area contributed by atoms with Crippen molar-refractivity contribution in [2.75, 3.05) is 26.2 Å². The number of hydrogen-bond donors (Lipinski definition) is 2. The quantitative estimate of drug-likeness (QED) is 0.827. The lowest BCUT2D eigenvalue weighted by Crippen LogP contribution is -2.57. The van der Waals surface area contributed by atoms with Crippen molar-refractivity contribution in [1.29, 1.82) is 0 Å². The summed E-state index contributed by atoms with van der Waals surface area (Å²) in [6.07, 6.45) is 0.810. The lowest BCUT2D eigenvalue weighted by Gasteiger charge is -2.37. The fraction of sp³-hybridized carbons (Fsp3) is 0.556. The normalized spacial score (nSPS) is 18.0. The number of carbonyl (C=O) groups is 2. The molecule has 24 heavy (non-hydrogen) atoms. The molecule has 3 amide bonds. The van der Waals surface area contributed by atoms with Crippen LogP contribution in [0.25, 0.3) is 0 Å². The highest BCUT2D eigenvalue weighted by molar-refractivity contribution is 5.87. The molecule has 0 unspecified atom stereocenters. The van der Waals surface area contributed by atoms with Gasteiger partial charge in [0.25, 0.3) is 0 Å². The first-order valence-electron chi connectivity index (χ1n) is 8.62. The zero-order valence-corrected chi connectivity index (χ0v) is 14.6. The molecule has 1 aromatic rings. The molecule has 2 rings (SSSR count). The van der Waals surface area contributed by atoms with Gasteiger partial charge >= 0.3 is 6.03 Å². The second-order valence-electron chi connectivity index (χ2n) is 6.46. The van der Waals surface area contributed by atoms with Gasteiger partial charge in [-0.2, -0.15) is 0 Å². The minimum Gasteiger partial charge on any atom is -0.352 e. The molecule has 0 aromatic heterocycles. The SMILES string of the molecule is CC[C@H](C)[C@H](NC(N)=O)C(=O)N1CCN(Cc2ccccc2)CC1. The van der Waals surface area contributed by atoms with Gasteiger partial charge in [-0.15, -0.1) is 0 Å². The van der Waals surface area contributed by atoms with E-state index in [9.17, 15) is 9.59 Å². The van der Waals surface area contributed by atoms with E-state index >= 15 is 0 Å². The minimum absolute atomic E-state index is 0.0255. The summed E-state index contributed by atoms with van der Waals surface area (Å²) in [6.45, 7) is 7.90. The van der Waals surface area contributed by atoms with Crippen molar-refractivity contribution >= 4 is 11.9 Å². The van der Waals surface area contributed by atoms with Gasteiger partial charge in [0.15, 0.2) is 0 Å². The molecule has 1 heterocycles. The number of rotatable bonds is 6. The van der Waals surface area contributed by atoms with E-state index in [-0.39, 0.29) is 11.8 Å². The van der Waals surface area contributed by atoms with Gasteiger partial charge in [-0.25, -0.2) is 4.79 Å². The number of hydrogen-bond acceptors (Lipinski definition) is 3. The summed E-state index contributed by atoms with van der Waals surface area (Å²) in [4.78, 5) is 28.1. The summed E-state index contributed by atoms with van der Waals surface area (Å²) in [5.74, 6) is 0.0369. The number of nitrogens with zero attached hydrogens (tertiary/aromatic N) is 2. The molecular formula is C18H28N4O2. The number of urea groups is 1. The van der Waals surface area contributed by atoms with Crippen LogP contribution in [0.3, 0.4) is 0 Å². The minimum atomic E-state index is -0.642. The molecule has 0 radical (unpaired) electrons. The lowest BCUT2D eigenvalue weighted by molar-refractivity contribution is -0.136. The maximum atomic E-state index is 12.7. The van der Waals surface area contributed by atoms with Gasteiger partial charge in [0.05, 0.1) is 0 Å². The van der Waals surface area contributed by atoms with Crippen LogP contribution in [0.15, 0.2) is 30.3 Å². The summed E-state index contributed by atoms with van der Waals surface area (Å²) in [7, 11) is 0. The number of nitrogens with one attached hydrogen (secondary N) is 1. The molecule has 6 heteroatoms. The zero-order valence-electron chi connectivity index (χ0n) is 14.6. The predicted molar refractivity (Wildman–Crippen MR) is 94.3 cm³/mol. The maximum Gasteiger partial charge on any atom is 0.312 e. The smallest absolute Gasteiger partial charge is 0.312 e. The fourth-order valence-corrected chi connectivity index (χ4v) is 3.00. The molecule has 1 aliphatic rings. The van der Waals surface area contributed by atoms with Crippen LogP contribution in [0.2, 0.25) is 0 Å². The molecule has 1 saturated heterocycles. The van der Waals surface area contributed by atoms with Crippen molar-refractivity contribution in [3.8, 4) is 0 Å². The Morgan fingerprint density at radius 1 is 1.17 bits per heavy atom. The van der Waals surface area contributed by atoms with Crippen molar-refractivity contribution in [3.05, 3.63) is 35.9 Å². The summed E-state index contributed by atoms with van der Waals surface area (Å²) in [6, 6.07) is 9.16. The first-order chi connectivity index (χ1) is 11.5. The zero-order chi connectivity index (χ0) is 17.5. The number of amides is 3. The first kappa shape index (κ1) is 18.3. The largest absolute Gasteiger partial charge is 0.352 e. The van der Waals surface area contributed by atoms with E-state index in [0.29, 0.717) is 13.1 Å². The van der Waals surface area contributed by atoms with Crippen LogP contribution in [0.5, 0.6) is 0 Å². The van der Waals surface area contributed by atoms with Crippen LogP contribution in [0, 0.1) is 5.92 Å². The highest BCUT2D eigenvalue weighted by Gasteiger charge is 2.31. The van der Waals surface area contributed by atoms with Crippen molar-refractivity contribution < 1.29 is 9.59 Å². The summed E-state index contributed by atoms with van der Waals surface area (Å²) in [5, 5.41) is 2.61.